The summed E-state index contributed by atoms with van der Waals surface area (Å²) >= 11 is 5.91. The van der Waals surface area contributed by atoms with Crippen LogP contribution in [0.4, 0.5) is 0 Å². The highest BCUT2D eigenvalue weighted by Gasteiger charge is 2.34. The summed E-state index contributed by atoms with van der Waals surface area (Å²) in [6.45, 7) is 5.33. The van der Waals surface area contributed by atoms with E-state index in [1.54, 1.807) is 0 Å². The third kappa shape index (κ3) is 8.15. The van der Waals surface area contributed by atoms with E-state index in [4.69, 9.17) is 11.6 Å². The number of rotatable bonds is 10. The van der Waals surface area contributed by atoms with E-state index in [1.807, 2.05) is 81.4 Å². The molecule has 0 saturated heterocycles. The van der Waals surface area contributed by atoms with E-state index in [-0.39, 0.29) is 23.8 Å². The van der Waals surface area contributed by atoms with Crippen molar-refractivity contribution in [3.8, 4) is 0 Å². The van der Waals surface area contributed by atoms with Crippen LogP contribution in [0.5, 0.6) is 0 Å². The Hall–Kier alpha value is -3.20. The van der Waals surface area contributed by atoms with Crippen LogP contribution in [0.3, 0.4) is 0 Å². The van der Waals surface area contributed by atoms with Crippen LogP contribution in [-0.2, 0) is 32.6 Å². The fourth-order valence-corrected chi connectivity index (χ4v) is 5.19. The maximum Gasteiger partial charge on any atom is 0.243 e. The number of likely N-dealkylation sites (N-methyl/N-ethyl adjacent to an activating group) is 1. The molecule has 3 rings (SSSR count). The molecule has 1 N–H and O–H groups in total. The topological polar surface area (TPSA) is 86.8 Å². The molecule has 0 aliphatic heterocycles. The maximum absolute atomic E-state index is 13.8. The number of benzene rings is 3. The Morgan fingerprint density at radius 2 is 1.39 bits per heavy atom. The molecule has 0 spiro atoms. The van der Waals surface area contributed by atoms with Crippen LogP contribution in [0.1, 0.15) is 31.9 Å². The number of hydrogen-bond donors (Lipinski definition) is 1. The number of nitrogens with zero attached hydrogens (tertiary/aromatic N) is 2. The largest absolute Gasteiger partial charge is 0.350 e. The molecule has 7 nitrogen and oxygen atoms in total. The minimum atomic E-state index is -3.96. The van der Waals surface area contributed by atoms with Gasteiger partial charge in [0.2, 0.25) is 21.8 Å². The van der Waals surface area contributed by atoms with Crippen molar-refractivity contribution >= 4 is 33.4 Å². The first-order valence-electron chi connectivity index (χ1n) is 12.3. The summed E-state index contributed by atoms with van der Waals surface area (Å²) in [6, 6.07) is 23.7. The molecular weight excluding hydrogens is 522 g/mol. The number of hydrogen-bond acceptors (Lipinski definition) is 4. The predicted octanol–water partition coefficient (Wildman–Crippen LogP) is 4.52. The van der Waals surface area contributed by atoms with Gasteiger partial charge in [0, 0.05) is 30.6 Å². The number of halogens is 1. The van der Waals surface area contributed by atoms with Gasteiger partial charge in [-0.3, -0.25) is 9.59 Å². The zero-order valence-electron chi connectivity index (χ0n) is 22.1. The second kappa shape index (κ2) is 12.6. The molecule has 0 radical (unpaired) electrons. The zero-order chi connectivity index (χ0) is 27.9. The van der Waals surface area contributed by atoms with Crippen molar-refractivity contribution in [1.29, 1.82) is 0 Å². The molecule has 38 heavy (non-hydrogen) atoms. The molecule has 0 aliphatic rings. The van der Waals surface area contributed by atoms with Gasteiger partial charge in [-0.15, -0.1) is 0 Å². The number of nitrogens with one attached hydrogen (secondary N) is 1. The van der Waals surface area contributed by atoms with Crippen molar-refractivity contribution in [2.45, 2.75) is 50.2 Å². The molecule has 0 heterocycles. The molecule has 0 aromatic heterocycles. The number of sulfonamides is 1. The maximum atomic E-state index is 13.8. The highest BCUT2D eigenvalue weighted by atomic mass is 35.5. The van der Waals surface area contributed by atoms with Gasteiger partial charge in [0.15, 0.2) is 0 Å². The normalized spacial score (nSPS) is 12.7. The molecule has 202 valence electrons. The molecule has 3 aromatic rings. The van der Waals surface area contributed by atoms with E-state index in [2.05, 4.69) is 5.32 Å². The van der Waals surface area contributed by atoms with Gasteiger partial charge in [0.25, 0.3) is 0 Å². The quantitative estimate of drug-likeness (QED) is 0.398. The van der Waals surface area contributed by atoms with Crippen LogP contribution in [0.2, 0.25) is 5.02 Å². The third-order valence-electron chi connectivity index (χ3n) is 5.84. The average molecular weight is 556 g/mol. The average Bonchev–Trinajstić information content (AvgIpc) is 2.86. The SMILES string of the molecule is CN(CC(=O)N(Cc1ccccc1)C(Cc1ccccc1)C(=O)NC(C)(C)C)S(=O)(=O)c1ccc(Cl)cc1. The van der Waals surface area contributed by atoms with E-state index < -0.39 is 34.1 Å². The van der Waals surface area contributed by atoms with Gasteiger partial charge in [-0.2, -0.15) is 4.31 Å². The highest BCUT2D eigenvalue weighted by molar-refractivity contribution is 7.89. The van der Waals surface area contributed by atoms with Gasteiger partial charge in [-0.1, -0.05) is 72.3 Å². The minimum Gasteiger partial charge on any atom is -0.350 e. The molecular formula is C29H34ClN3O4S. The molecule has 0 fully saturated rings. The lowest BCUT2D eigenvalue weighted by Crippen LogP contribution is -2.56. The lowest BCUT2D eigenvalue weighted by Gasteiger charge is -2.34. The Bertz CT molecular complexity index is 1330. The Balaban J connectivity index is 1.97. The predicted molar refractivity (Wildman–Crippen MR) is 150 cm³/mol. The Labute approximate surface area is 230 Å². The Morgan fingerprint density at radius 1 is 0.868 bits per heavy atom. The van der Waals surface area contributed by atoms with Crippen LogP contribution in [0.25, 0.3) is 0 Å². The van der Waals surface area contributed by atoms with Crippen LogP contribution >= 0.6 is 11.6 Å². The van der Waals surface area contributed by atoms with Gasteiger partial charge in [0.1, 0.15) is 6.04 Å². The first-order chi connectivity index (χ1) is 17.9. The summed E-state index contributed by atoms with van der Waals surface area (Å²) in [7, 11) is -2.61. The van der Waals surface area contributed by atoms with E-state index in [9.17, 15) is 18.0 Å². The van der Waals surface area contributed by atoms with Gasteiger partial charge in [0.05, 0.1) is 11.4 Å². The molecule has 1 atom stereocenters. The van der Waals surface area contributed by atoms with Crippen molar-refractivity contribution in [1.82, 2.24) is 14.5 Å². The summed E-state index contributed by atoms with van der Waals surface area (Å²) in [5.41, 5.74) is 1.18. The van der Waals surface area contributed by atoms with Gasteiger partial charge >= 0.3 is 0 Å². The summed E-state index contributed by atoms with van der Waals surface area (Å²) in [5, 5.41) is 3.41. The molecule has 0 bridgehead atoms. The van der Waals surface area contributed by atoms with E-state index in [1.165, 1.54) is 36.2 Å². The van der Waals surface area contributed by atoms with Gasteiger partial charge < -0.3 is 10.2 Å². The molecule has 2 amide bonds. The van der Waals surface area contributed by atoms with Crippen molar-refractivity contribution in [2.75, 3.05) is 13.6 Å². The van der Waals surface area contributed by atoms with Gasteiger partial charge in [-0.25, -0.2) is 8.42 Å². The van der Waals surface area contributed by atoms with Crippen LogP contribution in [0, 0.1) is 0 Å². The minimum absolute atomic E-state index is 0.0260. The standard InChI is InChI=1S/C29H34ClN3O4S/c1-29(2,3)31-28(35)26(19-22-11-7-5-8-12-22)33(20-23-13-9-6-10-14-23)27(34)21-32(4)38(36,37)25-17-15-24(30)16-18-25/h5-18,26H,19-21H2,1-4H3,(H,31,35). The van der Waals surface area contributed by atoms with Crippen molar-refractivity contribution in [2.24, 2.45) is 0 Å². The monoisotopic (exact) mass is 555 g/mol. The first kappa shape index (κ1) is 29.4. The van der Waals surface area contributed by atoms with Crippen molar-refractivity contribution in [3.05, 3.63) is 101 Å². The van der Waals surface area contributed by atoms with Crippen LogP contribution in [0.15, 0.2) is 89.8 Å². The van der Waals surface area contributed by atoms with Gasteiger partial charge in [-0.05, 0) is 56.2 Å². The van der Waals surface area contributed by atoms with Crippen LogP contribution < -0.4 is 5.32 Å². The molecule has 0 saturated carbocycles. The molecule has 3 aromatic carbocycles. The second-order valence-corrected chi connectivity index (χ2v) is 12.6. The molecule has 9 heteroatoms. The number of amides is 2. The van der Waals surface area contributed by atoms with E-state index >= 15 is 0 Å². The van der Waals surface area contributed by atoms with E-state index in [0.717, 1.165) is 15.4 Å². The summed E-state index contributed by atoms with van der Waals surface area (Å²) in [5.74, 6) is -0.798. The third-order valence-corrected chi connectivity index (χ3v) is 7.91. The summed E-state index contributed by atoms with van der Waals surface area (Å²) in [6.07, 6.45) is 0.273. The summed E-state index contributed by atoms with van der Waals surface area (Å²) < 4.78 is 27.3. The molecule has 0 aliphatic carbocycles. The molecule has 1 unspecified atom stereocenters. The second-order valence-electron chi connectivity index (χ2n) is 10.2. The van der Waals surface area contributed by atoms with Crippen LogP contribution in [-0.4, -0.2) is 54.6 Å². The first-order valence-corrected chi connectivity index (χ1v) is 14.1. The number of carbonyl (C=O) groups is 2. The summed E-state index contributed by atoms with van der Waals surface area (Å²) in [4.78, 5) is 28.9. The lowest BCUT2D eigenvalue weighted by molar-refractivity contribution is -0.141. The fourth-order valence-electron chi connectivity index (χ4n) is 3.94. The highest BCUT2D eigenvalue weighted by Crippen LogP contribution is 2.20. The van der Waals surface area contributed by atoms with Crippen molar-refractivity contribution in [3.63, 3.8) is 0 Å². The fraction of sp³-hybridized carbons (Fsp3) is 0.310. The Kier molecular flexibility index (Phi) is 9.71. The van der Waals surface area contributed by atoms with Crippen molar-refractivity contribution < 1.29 is 18.0 Å². The smallest absolute Gasteiger partial charge is 0.243 e. The zero-order valence-corrected chi connectivity index (χ0v) is 23.7. The lowest BCUT2D eigenvalue weighted by atomic mass is 10.0. The number of carbonyl (C=O) groups excluding carboxylic acids is 2. The van der Waals surface area contributed by atoms with E-state index in [0.29, 0.717) is 5.02 Å². The Morgan fingerprint density at radius 3 is 1.92 bits per heavy atom.